The molecule has 70 valence electrons. The average Bonchev–Trinajstić information content (AvgIpc) is 2.32. The van der Waals surface area contributed by atoms with Crippen molar-refractivity contribution in [2.75, 3.05) is 19.3 Å². The Morgan fingerprint density at radius 3 is 2.83 bits per heavy atom. The van der Waals surface area contributed by atoms with E-state index in [1.54, 1.807) is 6.08 Å². The molecule has 0 radical (unpaired) electrons. The van der Waals surface area contributed by atoms with Crippen molar-refractivity contribution in [2.24, 2.45) is 0 Å². The van der Waals surface area contributed by atoms with Crippen LogP contribution in [-0.2, 0) is 9.84 Å². The second-order valence-corrected chi connectivity index (χ2v) is 5.37. The SMILES string of the molecule is CNC/C=C\C1CCCS1(=O)=O. The van der Waals surface area contributed by atoms with Gasteiger partial charge in [0.25, 0.3) is 0 Å². The highest BCUT2D eigenvalue weighted by atomic mass is 32.2. The van der Waals surface area contributed by atoms with Crippen molar-refractivity contribution < 1.29 is 8.42 Å². The molecule has 1 rings (SSSR count). The summed E-state index contributed by atoms with van der Waals surface area (Å²) in [6, 6.07) is 0. The standard InChI is InChI=1S/C8H15NO2S/c1-9-6-2-4-8-5-3-7-12(8,10)11/h2,4,8-9H,3,5-7H2,1H3/b4-2-. The molecule has 0 spiro atoms. The summed E-state index contributed by atoms with van der Waals surface area (Å²) in [4.78, 5) is 0. The molecule has 0 bridgehead atoms. The molecule has 1 unspecified atom stereocenters. The lowest BCUT2D eigenvalue weighted by atomic mass is 10.2. The molecule has 1 aliphatic heterocycles. The molecule has 0 aromatic carbocycles. The average molecular weight is 189 g/mol. The first kappa shape index (κ1) is 9.74. The molecule has 1 atom stereocenters. The highest BCUT2D eigenvalue weighted by Gasteiger charge is 2.28. The van der Waals surface area contributed by atoms with Crippen LogP contribution in [0.25, 0.3) is 0 Å². The van der Waals surface area contributed by atoms with Crippen LogP contribution in [0.4, 0.5) is 0 Å². The summed E-state index contributed by atoms with van der Waals surface area (Å²) in [5.41, 5.74) is 0. The molecular formula is C8H15NO2S. The minimum absolute atomic E-state index is 0.217. The quantitative estimate of drug-likeness (QED) is 0.651. The highest BCUT2D eigenvalue weighted by molar-refractivity contribution is 7.92. The van der Waals surface area contributed by atoms with Crippen LogP contribution < -0.4 is 5.32 Å². The van der Waals surface area contributed by atoms with Gasteiger partial charge < -0.3 is 5.32 Å². The van der Waals surface area contributed by atoms with E-state index in [4.69, 9.17) is 0 Å². The molecule has 1 fully saturated rings. The van der Waals surface area contributed by atoms with Gasteiger partial charge in [-0.15, -0.1) is 0 Å². The maximum Gasteiger partial charge on any atom is 0.156 e. The van der Waals surface area contributed by atoms with Crippen LogP contribution in [0.5, 0.6) is 0 Å². The molecule has 4 heteroatoms. The van der Waals surface area contributed by atoms with Crippen molar-refractivity contribution in [3.05, 3.63) is 12.2 Å². The number of hydrogen-bond acceptors (Lipinski definition) is 3. The largest absolute Gasteiger partial charge is 0.316 e. The fraction of sp³-hybridized carbons (Fsp3) is 0.750. The zero-order chi connectivity index (χ0) is 9.03. The zero-order valence-electron chi connectivity index (χ0n) is 7.29. The first-order valence-electron chi connectivity index (χ1n) is 4.19. The third kappa shape index (κ3) is 2.32. The molecule has 1 N–H and O–H groups in total. The van der Waals surface area contributed by atoms with Crippen LogP contribution in [0.2, 0.25) is 0 Å². The first-order valence-corrected chi connectivity index (χ1v) is 5.91. The minimum Gasteiger partial charge on any atom is -0.316 e. The van der Waals surface area contributed by atoms with E-state index in [-0.39, 0.29) is 5.25 Å². The van der Waals surface area contributed by atoms with Gasteiger partial charge in [0.15, 0.2) is 9.84 Å². The van der Waals surface area contributed by atoms with Crippen molar-refractivity contribution in [3.8, 4) is 0 Å². The van der Waals surface area contributed by atoms with Gasteiger partial charge in [-0.2, -0.15) is 0 Å². The maximum absolute atomic E-state index is 11.3. The molecule has 1 aliphatic rings. The number of sulfone groups is 1. The van der Waals surface area contributed by atoms with Crippen LogP contribution in [-0.4, -0.2) is 33.0 Å². The van der Waals surface area contributed by atoms with Crippen molar-refractivity contribution in [3.63, 3.8) is 0 Å². The van der Waals surface area contributed by atoms with Gasteiger partial charge in [0.05, 0.1) is 11.0 Å². The Kier molecular flexibility index (Phi) is 3.29. The number of hydrogen-bond donors (Lipinski definition) is 1. The van der Waals surface area contributed by atoms with Gasteiger partial charge in [-0.3, -0.25) is 0 Å². The lowest BCUT2D eigenvalue weighted by Crippen LogP contribution is -2.13. The van der Waals surface area contributed by atoms with E-state index < -0.39 is 9.84 Å². The van der Waals surface area contributed by atoms with Gasteiger partial charge in [-0.1, -0.05) is 12.2 Å². The lowest BCUT2D eigenvalue weighted by molar-refractivity contribution is 0.597. The van der Waals surface area contributed by atoms with Crippen LogP contribution >= 0.6 is 0 Å². The summed E-state index contributed by atoms with van der Waals surface area (Å²) in [6.07, 6.45) is 5.30. The predicted octanol–water partition coefficient (Wildman–Crippen LogP) is 0.339. The Morgan fingerprint density at radius 2 is 2.33 bits per heavy atom. The minimum atomic E-state index is -2.78. The van der Waals surface area contributed by atoms with E-state index in [1.807, 2.05) is 13.1 Å². The highest BCUT2D eigenvalue weighted by Crippen LogP contribution is 2.20. The van der Waals surface area contributed by atoms with Gasteiger partial charge >= 0.3 is 0 Å². The van der Waals surface area contributed by atoms with Crippen molar-refractivity contribution in [2.45, 2.75) is 18.1 Å². The van der Waals surface area contributed by atoms with Gasteiger partial charge in [-0.05, 0) is 19.9 Å². The Balaban J connectivity index is 2.53. The number of nitrogens with one attached hydrogen (secondary N) is 1. The van der Waals surface area contributed by atoms with Gasteiger partial charge in [-0.25, -0.2) is 8.42 Å². The maximum atomic E-state index is 11.3. The van der Waals surface area contributed by atoms with Crippen LogP contribution in [0.3, 0.4) is 0 Å². The molecule has 1 saturated heterocycles. The van der Waals surface area contributed by atoms with E-state index >= 15 is 0 Å². The van der Waals surface area contributed by atoms with Crippen LogP contribution in [0.1, 0.15) is 12.8 Å². The summed E-state index contributed by atoms with van der Waals surface area (Å²) in [6.45, 7) is 0.742. The van der Waals surface area contributed by atoms with Crippen molar-refractivity contribution >= 4 is 9.84 Å². The molecule has 3 nitrogen and oxygen atoms in total. The lowest BCUT2D eigenvalue weighted by Gasteiger charge is -2.01. The van der Waals surface area contributed by atoms with E-state index in [0.717, 1.165) is 19.4 Å². The Bertz CT molecular complexity index is 256. The molecule has 0 aliphatic carbocycles. The van der Waals surface area contributed by atoms with Gasteiger partial charge in [0.1, 0.15) is 0 Å². The molecule has 0 amide bonds. The molecule has 12 heavy (non-hydrogen) atoms. The van der Waals surface area contributed by atoms with Gasteiger partial charge in [0.2, 0.25) is 0 Å². The topological polar surface area (TPSA) is 46.2 Å². The van der Waals surface area contributed by atoms with E-state index in [1.165, 1.54) is 0 Å². The normalized spacial score (nSPS) is 28.2. The van der Waals surface area contributed by atoms with Gasteiger partial charge in [0, 0.05) is 6.54 Å². The third-order valence-corrected chi connectivity index (χ3v) is 4.22. The number of rotatable bonds is 3. The Morgan fingerprint density at radius 1 is 1.58 bits per heavy atom. The van der Waals surface area contributed by atoms with E-state index in [0.29, 0.717) is 5.75 Å². The fourth-order valence-electron chi connectivity index (χ4n) is 1.37. The summed E-state index contributed by atoms with van der Waals surface area (Å²) in [5.74, 6) is 0.363. The fourth-order valence-corrected chi connectivity index (χ4v) is 3.12. The zero-order valence-corrected chi connectivity index (χ0v) is 8.10. The smallest absolute Gasteiger partial charge is 0.156 e. The Labute approximate surface area is 73.8 Å². The second kappa shape index (κ2) is 4.05. The van der Waals surface area contributed by atoms with E-state index in [9.17, 15) is 8.42 Å². The molecule has 0 aromatic rings. The van der Waals surface area contributed by atoms with Crippen LogP contribution in [0, 0.1) is 0 Å². The molecular weight excluding hydrogens is 174 g/mol. The van der Waals surface area contributed by atoms with Crippen molar-refractivity contribution in [1.82, 2.24) is 5.32 Å². The summed E-state index contributed by atoms with van der Waals surface area (Å²) >= 11 is 0. The molecule has 1 heterocycles. The monoisotopic (exact) mass is 189 g/mol. The molecule has 0 saturated carbocycles. The Hall–Kier alpha value is -0.350. The first-order chi connectivity index (χ1) is 5.67. The summed E-state index contributed by atoms with van der Waals surface area (Å²) in [7, 11) is -0.941. The second-order valence-electron chi connectivity index (χ2n) is 3.03. The summed E-state index contributed by atoms with van der Waals surface area (Å²) in [5, 5.41) is 2.72. The third-order valence-electron chi connectivity index (χ3n) is 2.05. The van der Waals surface area contributed by atoms with Crippen LogP contribution in [0.15, 0.2) is 12.2 Å². The molecule has 0 aromatic heterocycles. The van der Waals surface area contributed by atoms with E-state index in [2.05, 4.69) is 5.32 Å². The number of likely N-dealkylation sites (N-methyl/N-ethyl adjacent to an activating group) is 1. The van der Waals surface area contributed by atoms with Crippen molar-refractivity contribution in [1.29, 1.82) is 0 Å². The summed E-state index contributed by atoms with van der Waals surface area (Å²) < 4.78 is 22.6. The predicted molar refractivity (Wildman–Crippen MR) is 49.9 cm³/mol.